The third-order valence-corrected chi connectivity index (χ3v) is 5.11. The zero-order valence-electron chi connectivity index (χ0n) is 15.6. The van der Waals surface area contributed by atoms with Crippen LogP contribution < -0.4 is 61.8 Å². The molecule has 28 heavy (non-hydrogen) atoms. The van der Waals surface area contributed by atoms with Crippen molar-refractivity contribution in [2.45, 2.75) is 26.3 Å². The number of nitrogens with one attached hydrogen (secondary N) is 1. The molecule has 0 aliphatic rings. The first-order valence-electron chi connectivity index (χ1n) is 8.41. The summed E-state index contributed by atoms with van der Waals surface area (Å²) >= 11 is 1.47. The maximum Gasteiger partial charge on any atom is 1.00 e. The van der Waals surface area contributed by atoms with Gasteiger partial charge in [-0.1, -0.05) is 0 Å². The van der Waals surface area contributed by atoms with Gasteiger partial charge in [0.2, 0.25) is 5.91 Å². The van der Waals surface area contributed by atoms with Crippen LogP contribution in [0.25, 0.3) is 10.6 Å². The van der Waals surface area contributed by atoms with Crippen LogP contribution in [0, 0.1) is 0 Å². The van der Waals surface area contributed by atoms with Crippen molar-refractivity contribution in [1.29, 1.82) is 0 Å². The Morgan fingerprint density at radius 3 is 2.61 bits per heavy atom. The van der Waals surface area contributed by atoms with Crippen LogP contribution in [0.5, 0.6) is 5.75 Å². The molecule has 3 rings (SSSR count). The number of carboxylic acids is 1. The molecule has 3 aromatic rings. The van der Waals surface area contributed by atoms with Crippen molar-refractivity contribution in [3.8, 4) is 16.3 Å². The maximum atomic E-state index is 12.2. The van der Waals surface area contributed by atoms with Gasteiger partial charge in [-0.05, 0) is 37.6 Å². The number of hydrogen-bond donors (Lipinski definition) is 2. The van der Waals surface area contributed by atoms with Gasteiger partial charge < -0.3 is 24.9 Å². The van der Waals surface area contributed by atoms with E-state index >= 15 is 0 Å². The fourth-order valence-corrected chi connectivity index (χ4v) is 3.48. The molecular formula is C19H18KN3O4S. The minimum Gasteiger partial charge on any atom is -0.545 e. The van der Waals surface area contributed by atoms with E-state index in [1.54, 1.807) is 41.2 Å². The van der Waals surface area contributed by atoms with Gasteiger partial charge in [-0.15, -0.1) is 11.3 Å². The molecule has 7 nitrogen and oxygen atoms in total. The number of nitrogens with zero attached hydrogens (tertiary/aromatic N) is 2. The fraction of sp³-hybridized carbons (Fsp3) is 0.211. The topological polar surface area (TPSA) is 107 Å². The molecule has 2 heterocycles. The molecule has 0 saturated heterocycles. The molecule has 0 spiro atoms. The van der Waals surface area contributed by atoms with Gasteiger partial charge in [-0.25, -0.2) is 4.98 Å². The normalized spacial score (nSPS) is 10.3. The molecule has 140 valence electrons. The molecule has 9 heteroatoms. The SMILES string of the molecule is CCn1cc(NC(=O)CCc2cnc(-c3ccc(O)cc3)s2)c(C(=O)[O-])c1.[K+]. The number of rotatable bonds is 7. The van der Waals surface area contributed by atoms with Crippen molar-refractivity contribution >= 4 is 28.9 Å². The number of phenolic OH excluding ortho intramolecular Hbond substituents is 1. The molecule has 0 fully saturated rings. The molecule has 2 N–H and O–H groups in total. The average Bonchev–Trinajstić information content (AvgIpc) is 3.27. The van der Waals surface area contributed by atoms with E-state index in [2.05, 4.69) is 10.3 Å². The number of carbonyl (C=O) groups is 2. The molecule has 0 aliphatic heterocycles. The van der Waals surface area contributed by atoms with Crippen molar-refractivity contribution in [3.63, 3.8) is 0 Å². The predicted molar refractivity (Wildman–Crippen MR) is 101 cm³/mol. The maximum absolute atomic E-state index is 12.2. The first-order chi connectivity index (χ1) is 13.0. The number of aryl methyl sites for hydroxylation is 2. The van der Waals surface area contributed by atoms with Gasteiger partial charge in [0.1, 0.15) is 10.8 Å². The van der Waals surface area contributed by atoms with Gasteiger partial charge in [-0.3, -0.25) is 4.79 Å². The molecule has 0 atom stereocenters. The Morgan fingerprint density at radius 1 is 1.25 bits per heavy atom. The van der Waals surface area contributed by atoms with Gasteiger partial charge in [0.15, 0.2) is 0 Å². The van der Waals surface area contributed by atoms with Crippen molar-refractivity contribution in [3.05, 3.63) is 53.3 Å². The van der Waals surface area contributed by atoms with Crippen molar-refractivity contribution in [2.75, 3.05) is 5.32 Å². The van der Waals surface area contributed by atoms with Crippen LogP contribution >= 0.6 is 11.3 Å². The minimum atomic E-state index is -1.32. The summed E-state index contributed by atoms with van der Waals surface area (Å²) in [4.78, 5) is 28.7. The first kappa shape index (κ1) is 22.8. The summed E-state index contributed by atoms with van der Waals surface area (Å²) in [6.07, 6.45) is 5.45. The quantitative estimate of drug-likeness (QED) is 0.488. The van der Waals surface area contributed by atoms with Crippen molar-refractivity contribution < 1.29 is 71.2 Å². The number of anilines is 1. The number of thiazole rings is 1. The standard InChI is InChI=1S/C19H19N3O4S.K/c1-2-22-10-15(19(25)26)16(11-22)21-17(24)8-7-14-9-20-18(27-14)12-3-5-13(23)6-4-12;/h3-6,9-11,23H,2,7-8H2,1H3,(H,21,24)(H,25,26);/q;+1/p-1. The van der Waals surface area contributed by atoms with E-state index in [0.717, 1.165) is 15.4 Å². The zero-order valence-corrected chi connectivity index (χ0v) is 19.6. The number of benzene rings is 1. The van der Waals surface area contributed by atoms with E-state index < -0.39 is 5.97 Å². The van der Waals surface area contributed by atoms with Crippen molar-refractivity contribution in [1.82, 2.24) is 9.55 Å². The summed E-state index contributed by atoms with van der Waals surface area (Å²) in [6, 6.07) is 6.76. The van der Waals surface area contributed by atoms with Gasteiger partial charge >= 0.3 is 51.4 Å². The summed E-state index contributed by atoms with van der Waals surface area (Å²) in [5, 5.41) is 24.0. The first-order valence-corrected chi connectivity index (χ1v) is 9.23. The Labute approximate surface area is 208 Å². The van der Waals surface area contributed by atoms with Crippen LogP contribution in [-0.2, 0) is 17.8 Å². The summed E-state index contributed by atoms with van der Waals surface area (Å²) in [7, 11) is 0. The number of aromatic nitrogens is 2. The number of aromatic carboxylic acids is 1. The van der Waals surface area contributed by atoms with Crippen LogP contribution in [-0.4, -0.2) is 26.5 Å². The Kier molecular flexibility index (Phi) is 8.41. The van der Waals surface area contributed by atoms with E-state index in [1.165, 1.54) is 17.5 Å². The van der Waals surface area contributed by atoms with Crippen LogP contribution in [0.2, 0.25) is 0 Å². The smallest absolute Gasteiger partial charge is 0.545 e. The van der Waals surface area contributed by atoms with Crippen LogP contribution in [0.4, 0.5) is 5.69 Å². The molecule has 2 aromatic heterocycles. The Hall–Kier alpha value is -1.49. The summed E-state index contributed by atoms with van der Waals surface area (Å²) in [5.41, 5.74) is 1.11. The average molecular weight is 424 g/mol. The molecule has 1 aromatic carbocycles. The van der Waals surface area contributed by atoms with Crippen LogP contribution in [0.1, 0.15) is 28.6 Å². The summed E-state index contributed by atoms with van der Waals surface area (Å²) in [5.74, 6) is -1.40. The molecule has 0 unspecified atom stereocenters. The molecule has 1 amide bonds. The number of aromatic hydroxyl groups is 1. The molecule has 0 saturated carbocycles. The number of carboxylic acid groups (broad SMARTS) is 1. The minimum absolute atomic E-state index is 0. The predicted octanol–water partition coefficient (Wildman–Crippen LogP) is -0.724. The monoisotopic (exact) mass is 423 g/mol. The van der Waals surface area contributed by atoms with E-state index in [-0.39, 0.29) is 80.7 Å². The van der Waals surface area contributed by atoms with Gasteiger partial charge in [0, 0.05) is 47.6 Å². The Balaban J connectivity index is 0.00000280. The van der Waals surface area contributed by atoms with E-state index in [9.17, 15) is 19.8 Å². The number of amides is 1. The number of carbonyl (C=O) groups excluding carboxylic acids is 2. The van der Waals surface area contributed by atoms with Gasteiger partial charge in [-0.2, -0.15) is 0 Å². The molecule has 0 bridgehead atoms. The van der Waals surface area contributed by atoms with Crippen LogP contribution in [0.15, 0.2) is 42.9 Å². The molecular weight excluding hydrogens is 405 g/mol. The molecule has 0 radical (unpaired) electrons. The van der Waals surface area contributed by atoms with E-state index in [4.69, 9.17) is 0 Å². The Bertz CT molecular complexity index is 966. The largest absolute Gasteiger partial charge is 1.00 e. The Morgan fingerprint density at radius 2 is 1.96 bits per heavy atom. The fourth-order valence-electron chi connectivity index (χ4n) is 2.56. The number of phenols is 1. The van der Waals surface area contributed by atoms with E-state index in [0.29, 0.717) is 13.0 Å². The van der Waals surface area contributed by atoms with Gasteiger partial charge in [0.25, 0.3) is 0 Å². The third kappa shape index (κ3) is 5.76. The zero-order chi connectivity index (χ0) is 19.4. The second-order valence-corrected chi connectivity index (χ2v) is 7.05. The summed E-state index contributed by atoms with van der Waals surface area (Å²) < 4.78 is 1.67. The molecule has 0 aliphatic carbocycles. The van der Waals surface area contributed by atoms with Gasteiger partial charge in [0.05, 0.1) is 11.7 Å². The van der Waals surface area contributed by atoms with Crippen LogP contribution in [0.3, 0.4) is 0 Å². The second kappa shape index (κ2) is 10.3. The van der Waals surface area contributed by atoms with Crippen molar-refractivity contribution in [2.24, 2.45) is 0 Å². The second-order valence-electron chi connectivity index (χ2n) is 5.93. The third-order valence-electron chi connectivity index (χ3n) is 4.01. The van der Waals surface area contributed by atoms with E-state index in [1.807, 2.05) is 6.92 Å². The number of hydrogen-bond acceptors (Lipinski definition) is 6. The summed E-state index contributed by atoms with van der Waals surface area (Å²) in [6.45, 7) is 2.47.